The van der Waals surface area contributed by atoms with Crippen molar-refractivity contribution >= 4 is 17.6 Å². The number of carboxylic acid groups (broad SMARTS) is 1. The first-order chi connectivity index (χ1) is 8.40. The van der Waals surface area contributed by atoms with E-state index in [9.17, 15) is 14.3 Å². The van der Waals surface area contributed by atoms with Crippen LogP contribution in [0.5, 0.6) is 0 Å². The van der Waals surface area contributed by atoms with Crippen LogP contribution in [0, 0.1) is 19.7 Å². The van der Waals surface area contributed by atoms with Crippen LogP contribution in [0.4, 0.5) is 4.39 Å². The van der Waals surface area contributed by atoms with Crippen LogP contribution in [-0.2, 0) is 10.2 Å². The Labute approximate surface area is 111 Å². The summed E-state index contributed by atoms with van der Waals surface area (Å²) in [5.74, 6) is -1.36. The molecule has 1 N–H and O–H groups in total. The van der Waals surface area contributed by atoms with Gasteiger partial charge in [0.15, 0.2) is 0 Å². The maximum absolute atomic E-state index is 14.4. The molecule has 0 amide bonds. The highest BCUT2D eigenvalue weighted by molar-refractivity contribution is 6.31. The normalized spacial score (nSPS) is 18.0. The predicted octanol–water partition coefficient (Wildman–Crippen LogP) is 3.99. The minimum Gasteiger partial charge on any atom is -0.481 e. The molecule has 0 atom stereocenters. The van der Waals surface area contributed by atoms with E-state index < -0.39 is 17.2 Å². The second kappa shape index (κ2) is 4.54. The third-order valence-electron chi connectivity index (χ3n) is 3.99. The smallest absolute Gasteiger partial charge is 0.314 e. The van der Waals surface area contributed by atoms with Crippen LogP contribution in [0.3, 0.4) is 0 Å². The maximum atomic E-state index is 14.4. The molecular weight excluding hydrogens is 255 g/mol. The van der Waals surface area contributed by atoms with Crippen LogP contribution in [0.1, 0.15) is 42.4 Å². The van der Waals surface area contributed by atoms with E-state index in [0.717, 1.165) is 12.8 Å². The number of hydrogen-bond acceptors (Lipinski definition) is 1. The van der Waals surface area contributed by atoms with Crippen molar-refractivity contribution in [2.75, 3.05) is 0 Å². The number of halogens is 2. The van der Waals surface area contributed by atoms with Gasteiger partial charge in [0.05, 0.1) is 5.41 Å². The Morgan fingerprint density at radius 2 is 1.94 bits per heavy atom. The lowest BCUT2D eigenvalue weighted by Gasteiger charge is -2.28. The van der Waals surface area contributed by atoms with E-state index in [1.807, 2.05) is 0 Å². The SMILES string of the molecule is Cc1cc(Cl)c(C)c(C2(C(=O)O)CCCC2)c1F. The number of rotatable bonds is 2. The van der Waals surface area contributed by atoms with Crippen molar-refractivity contribution in [3.8, 4) is 0 Å². The molecular formula is C14H16ClFO2. The average Bonchev–Trinajstić information content (AvgIpc) is 2.77. The van der Waals surface area contributed by atoms with E-state index >= 15 is 0 Å². The van der Waals surface area contributed by atoms with Gasteiger partial charge in [-0.25, -0.2) is 4.39 Å². The lowest BCUT2D eigenvalue weighted by Crippen LogP contribution is -2.34. The minimum absolute atomic E-state index is 0.289. The van der Waals surface area contributed by atoms with Gasteiger partial charge in [-0.05, 0) is 43.9 Å². The Morgan fingerprint density at radius 3 is 2.44 bits per heavy atom. The second-order valence-corrected chi connectivity index (χ2v) is 5.49. The quantitative estimate of drug-likeness (QED) is 0.882. The highest BCUT2D eigenvalue weighted by Crippen LogP contribution is 2.45. The van der Waals surface area contributed by atoms with E-state index in [0.29, 0.717) is 29.0 Å². The van der Waals surface area contributed by atoms with Crippen LogP contribution in [0.25, 0.3) is 0 Å². The van der Waals surface area contributed by atoms with Crippen molar-refractivity contribution in [2.24, 2.45) is 0 Å². The van der Waals surface area contributed by atoms with Crippen LogP contribution < -0.4 is 0 Å². The van der Waals surface area contributed by atoms with Gasteiger partial charge in [0, 0.05) is 10.6 Å². The van der Waals surface area contributed by atoms with Gasteiger partial charge in [-0.3, -0.25) is 4.79 Å². The molecule has 18 heavy (non-hydrogen) atoms. The molecule has 0 saturated heterocycles. The topological polar surface area (TPSA) is 37.3 Å². The van der Waals surface area contributed by atoms with Gasteiger partial charge in [0.25, 0.3) is 0 Å². The first-order valence-electron chi connectivity index (χ1n) is 6.09. The Bertz CT molecular complexity index is 479. The van der Waals surface area contributed by atoms with Gasteiger partial charge in [0.1, 0.15) is 5.82 Å². The van der Waals surface area contributed by atoms with Crippen molar-refractivity contribution in [2.45, 2.75) is 44.9 Å². The van der Waals surface area contributed by atoms with Crippen molar-refractivity contribution in [1.82, 2.24) is 0 Å². The van der Waals surface area contributed by atoms with E-state index in [2.05, 4.69) is 0 Å². The van der Waals surface area contributed by atoms with Crippen molar-refractivity contribution in [3.63, 3.8) is 0 Å². The molecule has 0 bridgehead atoms. The molecule has 1 aliphatic rings. The molecule has 0 heterocycles. The molecule has 98 valence electrons. The van der Waals surface area contributed by atoms with E-state index in [1.165, 1.54) is 0 Å². The number of hydrogen-bond donors (Lipinski definition) is 1. The highest BCUT2D eigenvalue weighted by Gasteiger charge is 2.46. The molecule has 0 unspecified atom stereocenters. The van der Waals surface area contributed by atoms with Crippen molar-refractivity contribution in [1.29, 1.82) is 0 Å². The molecule has 0 spiro atoms. The summed E-state index contributed by atoms with van der Waals surface area (Å²) in [4.78, 5) is 11.6. The number of carboxylic acids is 1. The fourth-order valence-corrected chi connectivity index (χ4v) is 3.22. The Hall–Kier alpha value is -1.09. The molecule has 4 heteroatoms. The zero-order valence-electron chi connectivity index (χ0n) is 10.5. The fraction of sp³-hybridized carbons (Fsp3) is 0.500. The molecule has 1 aliphatic carbocycles. The summed E-state index contributed by atoms with van der Waals surface area (Å²) in [5, 5.41) is 9.98. The van der Waals surface area contributed by atoms with E-state index in [4.69, 9.17) is 11.6 Å². The summed E-state index contributed by atoms with van der Waals surface area (Å²) in [6.07, 6.45) is 2.60. The van der Waals surface area contributed by atoms with E-state index in [1.54, 1.807) is 19.9 Å². The standard InChI is InChI=1S/C14H16ClFO2/c1-8-7-10(15)9(2)11(12(8)16)14(13(17)18)5-3-4-6-14/h7H,3-6H2,1-2H3,(H,17,18). The molecule has 1 saturated carbocycles. The fourth-order valence-electron chi connectivity index (χ4n) is 2.96. The van der Waals surface area contributed by atoms with Gasteiger partial charge in [-0.15, -0.1) is 0 Å². The van der Waals surface area contributed by atoms with Gasteiger partial charge in [-0.2, -0.15) is 0 Å². The minimum atomic E-state index is -1.09. The van der Waals surface area contributed by atoms with Crippen molar-refractivity contribution in [3.05, 3.63) is 33.6 Å². The predicted molar refractivity (Wildman–Crippen MR) is 68.7 cm³/mol. The Balaban J connectivity index is 2.73. The average molecular weight is 271 g/mol. The summed E-state index contributed by atoms with van der Waals surface area (Å²) in [6.45, 7) is 3.32. The van der Waals surface area contributed by atoms with Gasteiger partial charge in [0.2, 0.25) is 0 Å². The molecule has 1 aromatic rings. The van der Waals surface area contributed by atoms with Crippen molar-refractivity contribution < 1.29 is 14.3 Å². The third kappa shape index (κ3) is 1.81. The lowest BCUT2D eigenvalue weighted by molar-refractivity contribution is -0.143. The third-order valence-corrected chi connectivity index (χ3v) is 4.38. The van der Waals surface area contributed by atoms with Crippen LogP contribution in [0.2, 0.25) is 5.02 Å². The lowest BCUT2D eigenvalue weighted by atomic mass is 9.76. The molecule has 0 aromatic heterocycles. The van der Waals surface area contributed by atoms with Gasteiger partial charge in [-0.1, -0.05) is 24.4 Å². The number of aliphatic carboxylic acids is 1. The summed E-state index contributed by atoms with van der Waals surface area (Å²) in [5.41, 5.74) is 0.166. The van der Waals surface area contributed by atoms with Crippen LogP contribution in [-0.4, -0.2) is 11.1 Å². The zero-order chi connectivity index (χ0) is 13.5. The molecule has 2 nitrogen and oxygen atoms in total. The molecule has 1 fully saturated rings. The summed E-state index contributed by atoms with van der Waals surface area (Å²) >= 11 is 6.08. The van der Waals surface area contributed by atoms with E-state index in [-0.39, 0.29) is 5.56 Å². The number of aryl methyl sites for hydroxylation is 1. The molecule has 2 rings (SSSR count). The van der Waals surface area contributed by atoms with Crippen LogP contribution in [0.15, 0.2) is 6.07 Å². The Morgan fingerprint density at radius 1 is 1.39 bits per heavy atom. The van der Waals surface area contributed by atoms with Crippen LogP contribution >= 0.6 is 11.6 Å². The molecule has 0 aliphatic heterocycles. The second-order valence-electron chi connectivity index (χ2n) is 5.08. The highest BCUT2D eigenvalue weighted by atomic mass is 35.5. The first-order valence-corrected chi connectivity index (χ1v) is 6.47. The summed E-state index contributed by atoms with van der Waals surface area (Å²) in [6, 6.07) is 1.56. The van der Waals surface area contributed by atoms with Gasteiger partial charge < -0.3 is 5.11 Å². The zero-order valence-corrected chi connectivity index (χ0v) is 11.3. The molecule has 0 radical (unpaired) electrons. The number of benzene rings is 1. The summed E-state index contributed by atoms with van der Waals surface area (Å²) in [7, 11) is 0. The largest absolute Gasteiger partial charge is 0.481 e. The monoisotopic (exact) mass is 270 g/mol. The summed E-state index contributed by atoms with van der Waals surface area (Å²) < 4.78 is 14.4. The van der Waals surface area contributed by atoms with Gasteiger partial charge >= 0.3 is 5.97 Å². The first kappa shape index (κ1) is 13.3. The maximum Gasteiger partial charge on any atom is 0.314 e. The Kier molecular flexibility index (Phi) is 3.37. The molecule has 1 aromatic carbocycles. The number of carbonyl (C=O) groups is 1.